The standard InChI is InChI=1S/C20H20ClN3O3S/c1-3-4-12(2)13-5-7-14(8-6-13)23-20(26)24(28)19(25)17-11-15-16(27-17)9-10-22-18(15)21/h5-12,28H,3-4H2,1-2H3,(H,23,26). The zero-order chi connectivity index (χ0) is 20.3. The van der Waals surface area contributed by atoms with E-state index in [4.69, 9.17) is 16.0 Å². The molecule has 3 aromatic rings. The Hall–Kier alpha value is -2.51. The number of imide groups is 1. The molecule has 0 aliphatic rings. The molecule has 28 heavy (non-hydrogen) atoms. The molecule has 3 amide bonds. The minimum Gasteiger partial charge on any atom is -0.451 e. The Bertz CT molecular complexity index is 1000. The normalized spacial score (nSPS) is 12.0. The van der Waals surface area contributed by atoms with E-state index in [9.17, 15) is 9.59 Å². The van der Waals surface area contributed by atoms with Gasteiger partial charge in [0.25, 0.3) is 0 Å². The summed E-state index contributed by atoms with van der Waals surface area (Å²) < 4.78 is 6.11. The molecule has 0 spiro atoms. The second-order valence-electron chi connectivity index (χ2n) is 6.48. The third kappa shape index (κ3) is 4.31. The first kappa shape index (κ1) is 20.2. The van der Waals surface area contributed by atoms with E-state index in [1.165, 1.54) is 17.8 Å². The summed E-state index contributed by atoms with van der Waals surface area (Å²) in [6, 6.07) is 9.88. The Balaban J connectivity index is 1.69. The maximum Gasteiger partial charge on any atom is 0.339 e. The van der Waals surface area contributed by atoms with Gasteiger partial charge in [-0.25, -0.2) is 14.1 Å². The van der Waals surface area contributed by atoms with Crippen molar-refractivity contribution < 1.29 is 14.0 Å². The number of pyridine rings is 1. The largest absolute Gasteiger partial charge is 0.451 e. The Kier molecular flexibility index (Phi) is 6.26. The van der Waals surface area contributed by atoms with Crippen LogP contribution in [0.25, 0.3) is 11.0 Å². The van der Waals surface area contributed by atoms with E-state index >= 15 is 0 Å². The number of carbonyl (C=O) groups excluding carboxylic acids is 2. The molecular formula is C20H20ClN3O3S. The number of benzene rings is 1. The minimum atomic E-state index is -0.707. The number of rotatable bonds is 5. The fourth-order valence-electron chi connectivity index (χ4n) is 2.90. The average molecular weight is 418 g/mol. The number of furan rings is 1. The first-order valence-corrected chi connectivity index (χ1v) is 9.66. The average Bonchev–Trinajstić information content (AvgIpc) is 3.13. The Labute approximate surface area is 173 Å². The van der Waals surface area contributed by atoms with Crippen LogP contribution in [0.1, 0.15) is 48.7 Å². The van der Waals surface area contributed by atoms with Crippen LogP contribution in [-0.2, 0) is 0 Å². The Morgan fingerprint density at radius 3 is 2.64 bits per heavy atom. The van der Waals surface area contributed by atoms with Gasteiger partial charge < -0.3 is 9.73 Å². The molecule has 0 bridgehead atoms. The number of urea groups is 1. The number of halogens is 1. The van der Waals surface area contributed by atoms with Crippen molar-refractivity contribution in [3.05, 3.63) is 59.1 Å². The molecule has 0 aliphatic carbocycles. The topological polar surface area (TPSA) is 75.4 Å². The van der Waals surface area contributed by atoms with Gasteiger partial charge in [-0.15, -0.1) is 0 Å². The molecule has 1 aromatic carbocycles. The molecule has 0 saturated carbocycles. The molecule has 2 heterocycles. The zero-order valence-electron chi connectivity index (χ0n) is 15.5. The molecular weight excluding hydrogens is 398 g/mol. The predicted octanol–water partition coefficient (Wildman–Crippen LogP) is 5.90. The van der Waals surface area contributed by atoms with Crippen LogP contribution in [0.4, 0.5) is 10.5 Å². The SMILES string of the molecule is CCCC(C)c1ccc(NC(=O)N(S)C(=O)c2cc3c(Cl)nccc3o2)cc1. The lowest BCUT2D eigenvalue weighted by atomic mass is 9.96. The van der Waals surface area contributed by atoms with Crippen molar-refractivity contribution >= 4 is 53.0 Å². The van der Waals surface area contributed by atoms with Crippen LogP contribution < -0.4 is 5.32 Å². The molecule has 1 N–H and O–H groups in total. The maximum atomic E-state index is 12.5. The maximum absolute atomic E-state index is 12.5. The van der Waals surface area contributed by atoms with Crippen molar-refractivity contribution in [3.63, 3.8) is 0 Å². The monoisotopic (exact) mass is 417 g/mol. The van der Waals surface area contributed by atoms with E-state index in [1.807, 2.05) is 12.1 Å². The van der Waals surface area contributed by atoms with Crippen LogP contribution in [0.3, 0.4) is 0 Å². The molecule has 8 heteroatoms. The van der Waals surface area contributed by atoms with Gasteiger partial charge >= 0.3 is 11.9 Å². The number of hydrogen-bond donors (Lipinski definition) is 2. The number of aromatic nitrogens is 1. The summed E-state index contributed by atoms with van der Waals surface area (Å²) in [6.07, 6.45) is 3.68. The van der Waals surface area contributed by atoms with E-state index in [-0.39, 0.29) is 10.9 Å². The summed E-state index contributed by atoms with van der Waals surface area (Å²) in [5, 5.41) is 3.35. The van der Waals surface area contributed by atoms with E-state index in [0.29, 0.717) is 26.9 Å². The fraction of sp³-hybridized carbons (Fsp3) is 0.250. The minimum absolute atomic E-state index is 0.0567. The molecule has 1 unspecified atom stereocenters. The third-order valence-corrected chi connectivity index (χ3v) is 5.11. The Morgan fingerprint density at radius 2 is 2.00 bits per heavy atom. The van der Waals surface area contributed by atoms with Crippen molar-refractivity contribution in [3.8, 4) is 0 Å². The summed E-state index contributed by atoms with van der Waals surface area (Å²) in [6.45, 7) is 4.32. The first-order valence-electron chi connectivity index (χ1n) is 8.89. The number of nitrogens with zero attached hydrogens (tertiary/aromatic N) is 2. The van der Waals surface area contributed by atoms with Crippen LogP contribution in [-0.4, -0.2) is 21.2 Å². The number of carbonyl (C=O) groups is 2. The molecule has 2 aromatic heterocycles. The van der Waals surface area contributed by atoms with Gasteiger partial charge in [0, 0.05) is 18.0 Å². The van der Waals surface area contributed by atoms with Gasteiger partial charge in [0.2, 0.25) is 0 Å². The lowest BCUT2D eigenvalue weighted by Crippen LogP contribution is -2.32. The van der Waals surface area contributed by atoms with Gasteiger partial charge in [0.1, 0.15) is 10.7 Å². The lowest BCUT2D eigenvalue weighted by Gasteiger charge is -2.15. The van der Waals surface area contributed by atoms with Gasteiger partial charge in [-0.05, 0) is 36.1 Å². The van der Waals surface area contributed by atoms with Crippen LogP contribution in [0.15, 0.2) is 47.0 Å². The quantitative estimate of drug-likeness (QED) is 0.400. The van der Waals surface area contributed by atoms with Crippen LogP contribution in [0.5, 0.6) is 0 Å². The van der Waals surface area contributed by atoms with Crippen molar-refractivity contribution in [1.29, 1.82) is 0 Å². The van der Waals surface area contributed by atoms with Gasteiger partial charge in [0.15, 0.2) is 5.76 Å². The highest BCUT2D eigenvalue weighted by Crippen LogP contribution is 2.26. The second kappa shape index (κ2) is 8.67. The number of nitrogens with one attached hydrogen (secondary N) is 1. The molecule has 146 valence electrons. The smallest absolute Gasteiger partial charge is 0.339 e. The summed E-state index contributed by atoms with van der Waals surface area (Å²) >= 11 is 10.00. The third-order valence-electron chi connectivity index (χ3n) is 4.45. The summed E-state index contributed by atoms with van der Waals surface area (Å²) in [5.41, 5.74) is 2.18. The highest BCUT2D eigenvalue weighted by molar-refractivity contribution is 7.79. The van der Waals surface area contributed by atoms with E-state index in [2.05, 4.69) is 37.0 Å². The van der Waals surface area contributed by atoms with E-state index in [1.54, 1.807) is 18.2 Å². The highest BCUT2D eigenvalue weighted by Gasteiger charge is 2.24. The van der Waals surface area contributed by atoms with Crippen LogP contribution in [0.2, 0.25) is 5.15 Å². The van der Waals surface area contributed by atoms with Crippen molar-refractivity contribution in [1.82, 2.24) is 9.29 Å². The molecule has 3 rings (SSSR count). The molecule has 6 nitrogen and oxygen atoms in total. The molecule has 0 saturated heterocycles. The van der Waals surface area contributed by atoms with Gasteiger partial charge in [-0.1, -0.05) is 56.8 Å². The number of anilines is 1. The summed E-state index contributed by atoms with van der Waals surface area (Å²) in [4.78, 5) is 28.8. The van der Waals surface area contributed by atoms with E-state index < -0.39 is 11.9 Å². The van der Waals surface area contributed by atoms with Crippen molar-refractivity contribution in [2.24, 2.45) is 0 Å². The van der Waals surface area contributed by atoms with E-state index in [0.717, 1.165) is 12.8 Å². The van der Waals surface area contributed by atoms with Crippen molar-refractivity contribution in [2.75, 3.05) is 5.32 Å². The van der Waals surface area contributed by atoms with Gasteiger partial charge in [0.05, 0.1) is 5.39 Å². The molecule has 1 atom stereocenters. The van der Waals surface area contributed by atoms with Gasteiger partial charge in [-0.3, -0.25) is 4.79 Å². The van der Waals surface area contributed by atoms with Crippen LogP contribution in [0, 0.1) is 0 Å². The van der Waals surface area contributed by atoms with Crippen LogP contribution >= 0.6 is 24.4 Å². The number of thiol groups is 1. The molecule has 0 fully saturated rings. The molecule has 0 aliphatic heterocycles. The predicted molar refractivity (Wildman–Crippen MR) is 113 cm³/mol. The number of amides is 3. The zero-order valence-corrected chi connectivity index (χ0v) is 17.1. The summed E-state index contributed by atoms with van der Waals surface area (Å²) in [7, 11) is 0. The number of hydrogen-bond acceptors (Lipinski definition) is 5. The highest BCUT2D eigenvalue weighted by atomic mass is 35.5. The lowest BCUT2D eigenvalue weighted by molar-refractivity contribution is 0.0875. The van der Waals surface area contributed by atoms with Gasteiger partial charge in [-0.2, -0.15) is 0 Å². The second-order valence-corrected chi connectivity index (χ2v) is 7.24. The Morgan fingerprint density at radius 1 is 1.29 bits per heavy atom. The molecule has 0 radical (unpaired) electrons. The fourth-order valence-corrected chi connectivity index (χ4v) is 3.26. The summed E-state index contributed by atoms with van der Waals surface area (Å²) in [5.74, 6) is -0.313. The number of fused-ring (bicyclic) bond motifs is 1. The first-order chi connectivity index (χ1) is 13.4. The van der Waals surface area contributed by atoms with Crippen molar-refractivity contribution in [2.45, 2.75) is 32.6 Å².